The largest absolute Gasteiger partial charge is 0.543 e. The Morgan fingerprint density at radius 2 is 1.73 bits per heavy atom. The van der Waals surface area contributed by atoms with Crippen molar-refractivity contribution in [2.24, 2.45) is 0 Å². The fourth-order valence-electron chi connectivity index (χ4n) is 3.83. The van der Waals surface area contributed by atoms with Gasteiger partial charge >= 0.3 is 0 Å². The second kappa shape index (κ2) is 9.15. The highest BCUT2D eigenvalue weighted by Gasteiger charge is 2.39. The molecule has 3 atom stereocenters. The number of rotatable bonds is 5. The van der Waals surface area contributed by atoms with Crippen LogP contribution >= 0.6 is 15.9 Å². The molecule has 30 heavy (non-hydrogen) atoms. The zero-order valence-corrected chi connectivity index (χ0v) is 22.1. The Bertz CT molecular complexity index is 847. The molecule has 1 N–H and O–H groups in total. The van der Waals surface area contributed by atoms with Crippen LogP contribution in [-0.2, 0) is 0 Å². The zero-order valence-electron chi connectivity index (χ0n) is 19.5. The zero-order chi connectivity index (χ0) is 22.1. The molecule has 0 aromatic heterocycles. The number of hydrogen-bond donors (Lipinski definition) is 1. The van der Waals surface area contributed by atoms with Crippen molar-refractivity contribution in [1.29, 1.82) is 0 Å². The third-order valence-corrected chi connectivity index (χ3v) is 11.6. The third kappa shape index (κ3) is 5.36. The van der Waals surface area contributed by atoms with Gasteiger partial charge in [0.25, 0.3) is 0 Å². The van der Waals surface area contributed by atoms with Gasteiger partial charge in [-0.05, 0) is 67.4 Å². The summed E-state index contributed by atoms with van der Waals surface area (Å²) in [4.78, 5) is 2.63. The van der Waals surface area contributed by atoms with Gasteiger partial charge < -0.3 is 9.74 Å². The lowest BCUT2D eigenvalue weighted by Gasteiger charge is -2.43. The maximum atomic E-state index is 6.65. The number of nitrogens with one attached hydrogen (secondary N) is 1. The molecule has 3 rings (SSSR count). The predicted octanol–water partition coefficient (Wildman–Crippen LogP) is 6.60. The number of hydrogen-bond acceptors (Lipinski definition) is 3. The summed E-state index contributed by atoms with van der Waals surface area (Å²) in [5, 5.41) is 3.80. The molecule has 2 aromatic carbocycles. The van der Waals surface area contributed by atoms with E-state index >= 15 is 0 Å². The van der Waals surface area contributed by atoms with E-state index in [1.807, 2.05) is 0 Å². The summed E-state index contributed by atoms with van der Waals surface area (Å²) in [5.41, 5.74) is 2.62. The van der Waals surface area contributed by atoms with Crippen molar-refractivity contribution in [2.75, 3.05) is 13.1 Å². The summed E-state index contributed by atoms with van der Waals surface area (Å²) in [5.74, 6) is 0.997. The van der Waals surface area contributed by atoms with Crippen LogP contribution in [0.5, 0.6) is 5.75 Å². The smallest absolute Gasteiger partial charge is 0.250 e. The average Bonchev–Trinajstić information content (AvgIpc) is 2.65. The van der Waals surface area contributed by atoms with Crippen LogP contribution in [-0.4, -0.2) is 38.4 Å². The van der Waals surface area contributed by atoms with Crippen LogP contribution in [0.1, 0.15) is 51.8 Å². The summed E-state index contributed by atoms with van der Waals surface area (Å²) in [6, 6.07) is 18.7. The second-order valence-electron chi connectivity index (χ2n) is 10.2. The average molecular weight is 490 g/mol. The predicted molar refractivity (Wildman–Crippen MR) is 134 cm³/mol. The third-order valence-electron chi connectivity index (χ3n) is 6.68. The van der Waals surface area contributed by atoms with E-state index < -0.39 is 8.32 Å². The summed E-state index contributed by atoms with van der Waals surface area (Å²) < 4.78 is 7.76. The molecule has 1 heterocycles. The lowest BCUT2D eigenvalue weighted by molar-refractivity contribution is 0.113. The Morgan fingerprint density at radius 1 is 1.07 bits per heavy atom. The molecule has 1 saturated heterocycles. The van der Waals surface area contributed by atoms with Gasteiger partial charge in [-0.15, -0.1) is 0 Å². The Kier molecular flexibility index (Phi) is 7.17. The summed E-state index contributed by atoms with van der Waals surface area (Å²) in [7, 11) is -1.88. The van der Waals surface area contributed by atoms with Crippen LogP contribution in [0.25, 0.3) is 0 Å². The summed E-state index contributed by atoms with van der Waals surface area (Å²) in [6.45, 7) is 18.1. The molecule has 1 unspecified atom stereocenters. The van der Waals surface area contributed by atoms with Gasteiger partial charge in [-0.25, -0.2) is 0 Å². The highest BCUT2D eigenvalue weighted by Crippen LogP contribution is 2.39. The van der Waals surface area contributed by atoms with Gasteiger partial charge in [0.15, 0.2) is 0 Å². The van der Waals surface area contributed by atoms with Gasteiger partial charge in [0.05, 0.1) is 6.04 Å². The number of halogens is 1. The first kappa shape index (κ1) is 23.5. The lowest BCUT2D eigenvalue weighted by atomic mass is 9.94. The Hall–Kier alpha value is -1.14. The molecule has 0 radical (unpaired) electrons. The molecule has 164 valence electrons. The SMILES string of the molecule is C[C@@H]1CN[C@@H](C)CN1C(c1ccc(Br)cc1)c1cccc(O[Si](C)(C)C(C)(C)C)c1. The first-order valence-corrected chi connectivity index (χ1v) is 14.7. The van der Waals surface area contributed by atoms with Crippen molar-refractivity contribution in [1.82, 2.24) is 10.2 Å². The van der Waals surface area contributed by atoms with Crippen molar-refractivity contribution in [2.45, 2.75) is 70.9 Å². The van der Waals surface area contributed by atoms with Crippen molar-refractivity contribution in [3.8, 4) is 5.75 Å². The highest BCUT2D eigenvalue weighted by atomic mass is 79.9. The van der Waals surface area contributed by atoms with Crippen LogP contribution in [0.3, 0.4) is 0 Å². The van der Waals surface area contributed by atoms with Gasteiger partial charge in [-0.3, -0.25) is 4.90 Å². The fourth-order valence-corrected chi connectivity index (χ4v) is 5.11. The Balaban J connectivity index is 2.01. The molecule has 1 aliphatic rings. The molecule has 3 nitrogen and oxygen atoms in total. The first-order chi connectivity index (χ1) is 14.0. The minimum atomic E-state index is -1.88. The van der Waals surface area contributed by atoms with Crippen LogP contribution in [0.15, 0.2) is 53.0 Å². The van der Waals surface area contributed by atoms with Gasteiger partial charge in [0.1, 0.15) is 5.75 Å². The molecule has 1 fully saturated rings. The van der Waals surface area contributed by atoms with Crippen LogP contribution in [0.4, 0.5) is 0 Å². The molecule has 2 aromatic rings. The van der Waals surface area contributed by atoms with Gasteiger partial charge in [-0.1, -0.05) is 61.0 Å². The van der Waals surface area contributed by atoms with E-state index in [-0.39, 0.29) is 11.1 Å². The van der Waals surface area contributed by atoms with E-state index in [1.54, 1.807) is 0 Å². The van der Waals surface area contributed by atoms with Crippen LogP contribution in [0, 0.1) is 0 Å². The van der Waals surface area contributed by atoms with Crippen molar-refractivity contribution in [3.63, 3.8) is 0 Å². The molecule has 0 saturated carbocycles. The van der Waals surface area contributed by atoms with E-state index in [0.29, 0.717) is 12.1 Å². The molecule has 0 aliphatic carbocycles. The van der Waals surface area contributed by atoms with Crippen LogP contribution < -0.4 is 9.74 Å². The van der Waals surface area contributed by atoms with E-state index in [0.717, 1.165) is 23.3 Å². The van der Waals surface area contributed by atoms with Gasteiger partial charge in [0, 0.05) is 29.6 Å². The van der Waals surface area contributed by atoms with Gasteiger partial charge in [-0.2, -0.15) is 0 Å². The number of benzene rings is 2. The maximum absolute atomic E-state index is 6.65. The Labute approximate surface area is 192 Å². The van der Waals surface area contributed by atoms with Crippen molar-refractivity contribution < 1.29 is 4.43 Å². The van der Waals surface area contributed by atoms with E-state index in [1.165, 1.54) is 11.1 Å². The fraction of sp³-hybridized carbons (Fsp3) is 0.520. The maximum Gasteiger partial charge on any atom is 0.250 e. The minimum absolute atomic E-state index is 0.177. The van der Waals surface area contributed by atoms with Crippen molar-refractivity contribution in [3.05, 3.63) is 64.1 Å². The molecular weight excluding hydrogens is 452 g/mol. The summed E-state index contributed by atoms with van der Waals surface area (Å²) >= 11 is 3.59. The van der Waals surface area contributed by atoms with E-state index in [2.05, 4.69) is 122 Å². The van der Waals surface area contributed by atoms with Gasteiger partial charge in [0.2, 0.25) is 8.32 Å². The monoisotopic (exact) mass is 488 g/mol. The number of piperazine rings is 1. The van der Waals surface area contributed by atoms with E-state index in [9.17, 15) is 0 Å². The quantitative estimate of drug-likeness (QED) is 0.479. The summed E-state index contributed by atoms with van der Waals surface area (Å²) in [6.07, 6.45) is 0. The first-order valence-electron chi connectivity index (χ1n) is 11.0. The second-order valence-corrected chi connectivity index (χ2v) is 15.9. The highest BCUT2D eigenvalue weighted by molar-refractivity contribution is 9.10. The molecule has 5 heteroatoms. The van der Waals surface area contributed by atoms with Crippen molar-refractivity contribution >= 4 is 24.2 Å². The molecular formula is C25H37BrN2OSi. The lowest BCUT2D eigenvalue weighted by Crippen LogP contribution is -2.55. The topological polar surface area (TPSA) is 24.5 Å². The molecule has 0 bridgehead atoms. The molecule has 1 aliphatic heterocycles. The normalized spacial score (nSPS) is 22.0. The minimum Gasteiger partial charge on any atom is -0.543 e. The molecule has 0 spiro atoms. The van der Waals surface area contributed by atoms with E-state index in [4.69, 9.17) is 4.43 Å². The Morgan fingerprint density at radius 3 is 2.37 bits per heavy atom. The molecule has 0 amide bonds. The standard InChI is InChI=1S/C25H37BrN2OSi/c1-18-17-28(19(2)16-27-18)24(20-11-13-22(26)14-12-20)21-9-8-10-23(15-21)29-30(6,7)25(3,4)5/h8-15,18-19,24,27H,16-17H2,1-7H3/t18-,19+,24?/m0/s1. The van der Waals surface area contributed by atoms with Crippen LogP contribution in [0.2, 0.25) is 18.1 Å². The number of nitrogens with zero attached hydrogens (tertiary/aromatic N) is 1.